The van der Waals surface area contributed by atoms with Crippen molar-refractivity contribution in [3.05, 3.63) is 0 Å². The molecule has 1 spiro atoms. The number of carbonyl (C=O) groups excluding carboxylic acids is 2. The number of nitrogens with zero attached hydrogens (tertiary/aromatic N) is 3. The Bertz CT molecular complexity index is 456. The Morgan fingerprint density at radius 3 is 2.26 bits per heavy atom. The molecule has 0 aromatic carbocycles. The molecule has 2 heterocycles. The van der Waals surface area contributed by atoms with E-state index in [0.29, 0.717) is 13.1 Å². The molecule has 0 atom stereocenters. The number of piperazine rings is 1. The molecule has 1 N–H and O–H groups in total. The van der Waals surface area contributed by atoms with Crippen LogP contribution in [0, 0.1) is 0 Å². The third kappa shape index (κ3) is 4.04. The van der Waals surface area contributed by atoms with E-state index in [1.54, 1.807) is 4.90 Å². The minimum absolute atomic E-state index is 0.156. The number of carbonyl (C=O) groups is 2. The molecule has 2 saturated heterocycles. The molecule has 0 radical (unpaired) electrons. The number of likely N-dealkylation sites (N-methyl/N-ethyl adjacent to an activating group) is 2. The van der Waals surface area contributed by atoms with E-state index in [0.717, 1.165) is 38.9 Å². The van der Waals surface area contributed by atoms with Crippen LogP contribution < -0.4 is 5.32 Å². The average Bonchev–Trinajstić information content (AvgIpc) is 2.51. The molecular weight excluding hydrogens is 292 g/mol. The summed E-state index contributed by atoms with van der Waals surface area (Å²) in [7, 11) is 4.34. The van der Waals surface area contributed by atoms with Gasteiger partial charge in [0.25, 0.3) is 0 Å². The van der Waals surface area contributed by atoms with Gasteiger partial charge < -0.3 is 15.1 Å². The van der Waals surface area contributed by atoms with E-state index < -0.39 is 5.91 Å². The molecule has 0 aliphatic carbocycles. The Hall–Kier alpha value is -1.14. The van der Waals surface area contributed by atoms with E-state index in [1.165, 1.54) is 0 Å². The Morgan fingerprint density at radius 1 is 1.09 bits per heavy atom. The van der Waals surface area contributed by atoms with Crippen molar-refractivity contribution < 1.29 is 9.59 Å². The van der Waals surface area contributed by atoms with Crippen LogP contribution in [0.1, 0.15) is 40.0 Å². The van der Waals surface area contributed by atoms with Crippen LogP contribution in [-0.2, 0) is 9.59 Å². The van der Waals surface area contributed by atoms with E-state index in [1.807, 2.05) is 20.8 Å². The Balaban J connectivity index is 1.93. The first-order valence-corrected chi connectivity index (χ1v) is 8.70. The fourth-order valence-corrected chi connectivity index (χ4v) is 3.52. The van der Waals surface area contributed by atoms with Crippen molar-refractivity contribution in [1.82, 2.24) is 20.0 Å². The average molecular weight is 324 g/mol. The number of amides is 2. The maximum absolute atomic E-state index is 12.4. The highest BCUT2D eigenvalue weighted by Gasteiger charge is 2.42. The second kappa shape index (κ2) is 6.77. The summed E-state index contributed by atoms with van der Waals surface area (Å²) in [6, 6.07) is 0. The van der Waals surface area contributed by atoms with Gasteiger partial charge in [-0.05, 0) is 47.2 Å². The highest BCUT2D eigenvalue weighted by atomic mass is 16.2. The van der Waals surface area contributed by atoms with E-state index in [4.69, 9.17) is 0 Å². The molecule has 6 nitrogen and oxygen atoms in total. The van der Waals surface area contributed by atoms with Crippen LogP contribution in [0.5, 0.6) is 0 Å². The van der Waals surface area contributed by atoms with Gasteiger partial charge in [-0.1, -0.05) is 6.92 Å². The lowest BCUT2D eigenvalue weighted by atomic mass is 9.84. The molecule has 6 heteroatoms. The normalized spacial score (nSPS) is 23.1. The third-order valence-corrected chi connectivity index (χ3v) is 5.70. The van der Waals surface area contributed by atoms with Crippen molar-refractivity contribution in [2.24, 2.45) is 0 Å². The summed E-state index contributed by atoms with van der Waals surface area (Å²) in [4.78, 5) is 31.1. The third-order valence-electron chi connectivity index (χ3n) is 5.70. The number of hydrogen-bond acceptors (Lipinski definition) is 4. The van der Waals surface area contributed by atoms with Crippen LogP contribution >= 0.6 is 0 Å². The first kappa shape index (κ1) is 18.2. The van der Waals surface area contributed by atoms with Crippen molar-refractivity contribution in [2.75, 3.05) is 46.8 Å². The molecule has 0 bridgehead atoms. The largest absolute Gasteiger partial charge is 0.343 e. The standard InChI is InChI=1S/C17H32N4O2/c1-6-16(2,3)18-14(22)15(23)21-9-7-17(8-10-21)13-19(4)11-12-20(17)5/h6-13H2,1-5H3,(H,18,22). The number of likely N-dealkylation sites (tertiary alicyclic amines) is 1. The van der Waals surface area contributed by atoms with Crippen LogP contribution in [0.4, 0.5) is 0 Å². The summed E-state index contributed by atoms with van der Waals surface area (Å²) >= 11 is 0. The smallest absolute Gasteiger partial charge is 0.311 e. The van der Waals surface area contributed by atoms with Crippen molar-refractivity contribution in [3.8, 4) is 0 Å². The molecule has 0 aromatic rings. The minimum Gasteiger partial charge on any atom is -0.343 e. The predicted molar refractivity (Wildman–Crippen MR) is 91.2 cm³/mol. The number of hydrogen-bond donors (Lipinski definition) is 1. The first-order valence-electron chi connectivity index (χ1n) is 8.70. The molecule has 0 unspecified atom stereocenters. The summed E-state index contributed by atoms with van der Waals surface area (Å²) in [6.45, 7) is 10.4. The fourth-order valence-electron chi connectivity index (χ4n) is 3.52. The Morgan fingerprint density at radius 2 is 1.70 bits per heavy atom. The van der Waals surface area contributed by atoms with Crippen molar-refractivity contribution >= 4 is 11.8 Å². The molecule has 2 amide bonds. The maximum atomic E-state index is 12.4. The second-order valence-corrected chi connectivity index (χ2v) is 7.87. The van der Waals surface area contributed by atoms with Crippen molar-refractivity contribution in [3.63, 3.8) is 0 Å². The molecule has 2 aliphatic rings. The lowest BCUT2D eigenvalue weighted by Crippen LogP contribution is -2.64. The summed E-state index contributed by atoms with van der Waals surface area (Å²) in [5.41, 5.74) is -0.182. The van der Waals surface area contributed by atoms with E-state index in [2.05, 4.69) is 29.2 Å². The zero-order valence-corrected chi connectivity index (χ0v) is 15.3. The fraction of sp³-hybridized carbons (Fsp3) is 0.882. The predicted octanol–water partition coefficient (Wildman–Crippen LogP) is 0.530. The number of rotatable bonds is 2. The first-order chi connectivity index (χ1) is 10.7. The van der Waals surface area contributed by atoms with Gasteiger partial charge in [0.1, 0.15) is 0 Å². The highest BCUT2D eigenvalue weighted by Crippen LogP contribution is 2.31. The van der Waals surface area contributed by atoms with E-state index >= 15 is 0 Å². The van der Waals surface area contributed by atoms with Crippen LogP contribution in [-0.4, -0.2) is 84.4 Å². The van der Waals surface area contributed by atoms with Crippen LogP contribution in [0.3, 0.4) is 0 Å². The molecule has 2 aliphatic heterocycles. The molecule has 132 valence electrons. The van der Waals surface area contributed by atoms with Crippen LogP contribution in [0.2, 0.25) is 0 Å². The molecule has 0 aromatic heterocycles. The summed E-state index contributed by atoms with van der Waals surface area (Å²) < 4.78 is 0. The second-order valence-electron chi connectivity index (χ2n) is 7.87. The Labute approximate surface area is 140 Å². The van der Waals surface area contributed by atoms with Gasteiger partial charge >= 0.3 is 11.8 Å². The van der Waals surface area contributed by atoms with Gasteiger partial charge in [0.05, 0.1) is 0 Å². The lowest BCUT2D eigenvalue weighted by molar-refractivity contribution is -0.149. The minimum atomic E-state index is -0.470. The van der Waals surface area contributed by atoms with Gasteiger partial charge in [-0.2, -0.15) is 0 Å². The van der Waals surface area contributed by atoms with Crippen LogP contribution in [0.25, 0.3) is 0 Å². The van der Waals surface area contributed by atoms with Crippen LogP contribution in [0.15, 0.2) is 0 Å². The topological polar surface area (TPSA) is 55.9 Å². The number of nitrogens with one attached hydrogen (secondary N) is 1. The quantitative estimate of drug-likeness (QED) is 0.753. The summed E-state index contributed by atoms with van der Waals surface area (Å²) in [6.07, 6.45) is 2.67. The molecule has 0 saturated carbocycles. The molecular formula is C17H32N4O2. The zero-order chi connectivity index (χ0) is 17.3. The molecule has 2 rings (SSSR count). The van der Waals surface area contributed by atoms with Crippen molar-refractivity contribution in [2.45, 2.75) is 51.1 Å². The SMILES string of the molecule is CCC(C)(C)NC(=O)C(=O)N1CCC2(CC1)CN(C)CCN2C. The summed E-state index contributed by atoms with van der Waals surface area (Å²) in [5, 5.41) is 2.84. The molecule has 23 heavy (non-hydrogen) atoms. The Kier molecular flexibility index (Phi) is 5.36. The van der Waals surface area contributed by atoms with E-state index in [-0.39, 0.29) is 17.0 Å². The maximum Gasteiger partial charge on any atom is 0.311 e. The van der Waals surface area contributed by atoms with Gasteiger partial charge in [-0.25, -0.2) is 0 Å². The van der Waals surface area contributed by atoms with E-state index in [9.17, 15) is 9.59 Å². The lowest BCUT2D eigenvalue weighted by Gasteiger charge is -2.52. The van der Waals surface area contributed by atoms with Gasteiger partial charge in [0, 0.05) is 43.8 Å². The van der Waals surface area contributed by atoms with Gasteiger partial charge in [0.15, 0.2) is 0 Å². The highest BCUT2D eigenvalue weighted by molar-refractivity contribution is 6.35. The number of piperidine rings is 1. The van der Waals surface area contributed by atoms with Crippen molar-refractivity contribution in [1.29, 1.82) is 0 Å². The summed E-state index contributed by atoms with van der Waals surface area (Å²) in [5.74, 6) is -0.852. The van der Waals surface area contributed by atoms with Gasteiger partial charge in [-0.3, -0.25) is 14.5 Å². The zero-order valence-electron chi connectivity index (χ0n) is 15.3. The van der Waals surface area contributed by atoms with Gasteiger partial charge in [0.2, 0.25) is 0 Å². The van der Waals surface area contributed by atoms with Gasteiger partial charge in [-0.15, -0.1) is 0 Å². The monoisotopic (exact) mass is 324 g/mol. The molecule has 2 fully saturated rings.